The maximum absolute atomic E-state index is 13.4. The Morgan fingerprint density at radius 1 is 1.14 bits per heavy atom. The first kappa shape index (κ1) is 28.7. The topological polar surface area (TPSA) is 137 Å². The molecule has 10 nitrogen and oxygen atoms in total. The molecule has 2 amide bonds. The van der Waals surface area contributed by atoms with E-state index in [2.05, 4.69) is 10.4 Å². The van der Waals surface area contributed by atoms with E-state index >= 15 is 0 Å². The number of piperidine rings is 1. The number of sulfonamides is 1. The van der Waals surface area contributed by atoms with Gasteiger partial charge in [-0.15, -0.1) is 0 Å². The predicted octanol–water partition coefficient (Wildman–Crippen LogP) is 0.801. The standard InChI is InChI=1S/C23H33F3N6O4S/c24-23(25,26)15-37(35,36)30-19(13-17-5-2-1-3-6-17)22(34)32-10-4-7-20(32)21(33)28-14-18-8-11-31(12-9-18)16-29-27/h1-3,5-6,16,18-20,30H,4,7-15,27H2,(H,28,33)/t19-,20+/m1/s1. The van der Waals surface area contributed by atoms with E-state index in [0.717, 1.165) is 25.9 Å². The van der Waals surface area contributed by atoms with E-state index in [4.69, 9.17) is 5.84 Å². The van der Waals surface area contributed by atoms with Gasteiger partial charge in [-0.05, 0) is 43.6 Å². The molecule has 206 valence electrons. The van der Waals surface area contributed by atoms with Gasteiger partial charge in [0.05, 0.1) is 0 Å². The van der Waals surface area contributed by atoms with Crippen LogP contribution < -0.4 is 15.9 Å². The lowest BCUT2D eigenvalue weighted by atomic mass is 9.97. The normalized spacial score (nSPS) is 20.4. The first-order valence-electron chi connectivity index (χ1n) is 12.1. The Morgan fingerprint density at radius 3 is 2.43 bits per heavy atom. The predicted molar refractivity (Wildman–Crippen MR) is 132 cm³/mol. The quantitative estimate of drug-likeness (QED) is 0.172. The highest BCUT2D eigenvalue weighted by Gasteiger charge is 2.41. The molecule has 2 atom stereocenters. The number of amides is 2. The summed E-state index contributed by atoms with van der Waals surface area (Å²) < 4.78 is 64.8. The number of likely N-dealkylation sites (tertiary alicyclic amines) is 2. The molecule has 0 spiro atoms. The van der Waals surface area contributed by atoms with Gasteiger partial charge in [0.25, 0.3) is 0 Å². The van der Waals surface area contributed by atoms with E-state index in [1.165, 1.54) is 4.90 Å². The second-order valence-corrected chi connectivity index (χ2v) is 11.2. The summed E-state index contributed by atoms with van der Waals surface area (Å²) in [5.74, 6) is 2.25. The number of hydrogen-bond acceptors (Lipinski definition) is 6. The van der Waals surface area contributed by atoms with Crippen molar-refractivity contribution >= 4 is 28.2 Å². The molecule has 14 heteroatoms. The molecular weight excluding hydrogens is 513 g/mol. The maximum atomic E-state index is 13.4. The van der Waals surface area contributed by atoms with E-state index in [0.29, 0.717) is 24.9 Å². The van der Waals surface area contributed by atoms with E-state index < -0.39 is 39.9 Å². The van der Waals surface area contributed by atoms with Crippen molar-refractivity contribution < 1.29 is 31.2 Å². The molecule has 2 heterocycles. The summed E-state index contributed by atoms with van der Waals surface area (Å²) in [6, 6.07) is 6.10. The van der Waals surface area contributed by atoms with Gasteiger partial charge in [0.2, 0.25) is 21.8 Å². The summed E-state index contributed by atoms with van der Waals surface area (Å²) in [7, 11) is -4.85. The number of alkyl halides is 3. The minimum atomic E-state index is -4.96. The second kappa shape index (κ2) is 12.6. The van der Waals surface area contributed by atoms with Gasteiger partial charge >= 0.3 is 6.18 Å². The van der Waals surface area contributed by atoms with Crippen molar-refractivity contribution in [2.75, 3.05) is 31.9 Å². The molecule has 1 aromatic rings. The lowest BCUT2D eigenvalue weighted by Gasteiger charge is -2.31. The Kier molecular flexibility index (Phi) is 9.76. The van der Waals surface area contributed by atoms with Crippen LogP contribution in [0.5, 0.6) is 0 Å². The van der Waals surface area contributed by atoms with Gasteiger partial charge in [0.15, 0.2) is 5.75 Å². The highest BCUT2D eigenvalue weighted by Crippen LogP contribution is 2.22. The molecule has 37 heavy (non-hydrogen) atoms. The molecule has 0 aliphatic carbocycles. The van der Waals surface area contributed by atoms with Crippen LogP contribution in [-0.2, 0) is 26.0 Å². The van der Waals surface area contributed by atoms with E-state index in [-0.39, 0.29) is 24.8 Å². The molecule has 0 radical (unpaired) electrons. The third-order valence-electron chi connectivity index (χ3n) is 6.54. The maximum Gasteiger partial charge on any atom is 0.404 e. The van der Waals surface area contributed by atoms with Crippen LogP contribution in [0.2, 0.25) is 0 Å². The largest absolute Gasteiger partial charge is 0.404 e. The number of carbonyl (C=O) groups is 2. The third-order valence-corrected chi connectivity index (χ3v) is 7.89. The number of benzene rings is 1. The van der Waals surface area contributed by atoms with Gasteiger partial charge in [-0.1, -0.05) is 30.3 Å². The van der Waals surface area contributed by atoms with Gasteiger partial charge < -0.3 is 21.0 Å². The lowest BCUT2D eigenvalue weighted by molar-refractivity contribution is -0.139. The van der Waals surface area contributed by atoms with Crippen molar-refractivity contribution in [3.63, 3.8) is 0 Å². The fourth-order valence-corrected chi connectivity index (χ4v) is 5.87. The Morgan fingerprint density at radius 2 is 1.81 bits per heavy atom. The van der Waals surface area contributed by atoms with Crippen LogP contribution in [0.1, 0.15) is 31.2 Å². The number of hydrogen-bond donors (Lipinski definition) is 3. The minimum Gasteiger partial charge on any atom is -0.361 e. The number of nitrogens with zero attached hydrogens (tertiary/aromatic N) is 3. The molecule has 2 aliphatic rings. The molecule has 0 unspecified atom stereocenters. The van der Waals surface area contributed by atoms with Crippen LogP contribution >= 0.6 is 0 Å². The fourth-order valence-electron chi connectivity index (χ4n) is 4.74. The third kappa shape index (κ3) is 8.88. The first-order chi connectivity index (χ1) is 17.5. The molecule has 3 rings (SSSR count). The Balaban J connectivity index is 1.66. The molecule has 2 saturated heterocycles. The van der Waals surface area contributed by atoms with Gasteiger partial charge in [-0.2, -0.15) is 18.3 Å². The average Bonchev–Trinajstić information content (AvgIpc) is 3.32. The summed E-state index contributed by atoms with van der Waals surface area (Å²) in [4.78, 5) is 29.7. The zero-order chi connectivity index (χ0) is 27.1. The summed E-state index contributed by atoms with van der Waals surface area (Å²) in [5.41, 5.74) is 0.571. The molecule has 2 fully saturated rings. The van der Waals surface area contributed by atoms with E-state index in [1.807, 2.05) is 9.62 Å². The van der Waals surface area contributed by atoms with Crippen LogP contribution in [0.3, 0.4) is 0 Å². The monoisotopic (exact) mass is 546 g/mol. The van der Waals surface area contributed by atoms with Crippen molar-refractivity contribution in [1.29, 1.82) is 0 Å². The Bertz CT molecular complexity index is 1050. The first-order valence-corrected chi connectivity index (χ1v) is 13.8. The highest BCUT2D eigenvalue weighted by atomic mass is 32.2. The number of carbonyl (C=O) groups excluding carboxylic acids is 2. The Hall–Kier alpha value is -2.87. The molecular formula is C23H33F3N6O4S. The molecule has 0 bridgehead atoms. The number of rotatable bonds is 10. The van der Waals surface area contributed by atoms with E-state index in [1.54, 1.807) is 36.7 Å². The molecule has 4 N–H and O–H groups in total. The SMILES string of the molecule is NN=CN1CCC(CNC(=O)[C@@H]2CCCN2C(=O)[C@@H](Cc2ccccc2)NS(=O)(=O)CC(F)(F)F)CC1. The van der Waals surface area contributed by atoms with E-state index in [9.17, 15) is 31.2 Å². The van der Waals surface area contributed by atoms with Gasteiger partial charge in [0, 0.05) is 26.2 Å². The number of halogens is 3. The van der Waals surface area contributed by atoms with Crippen LogP contribution in [0, 0.1) is 5.92 Å². The van der Waals surface area contributed by atoms with Crippen molar-refractivity contribution in [2.45, 2.75) is 50.4 Å². The molecule has 1 aromatic carbocycles. The second-order valence-electron chi connectivity index (χ2n) is 9.41. The summed E-state index contributed by atoms with van der Waals surface area (Å²) in [6.45, 7) is 2.15. The zero-order valence-corrected chi connectivity index (χ0v) is 21.2. The van der Waals surface area contributed by atoms with Gasteiger partial charge in [-0.25, -0.2) is 13.1 Å². The average molecular weight is 547 g/mol. The summed E-state index contributed by atoms with van der Waals surface area (Å²) in [5, 5.41) is 6.41. The number of nitrogens with one attached hydrogen (secondary N) is 2. The van der Waals surface area contributed by atoms with Crippen molar-refractivity contribution in [1.82, 2.24) is 19.8 Å². The van der Waals surface area contributed by atoms with Gasteiger partial charge in [-0.3, -0.25) is 9.59 Å². The molecule has 0 saturated carbocycles. The smallest absolute Gasteiger partial charge is 0.361 e. The van der Waals surface area contributed by atoms with Crippen LogP contribution in [0.25, 0.3) is 0 Å². The van der Waals surface area contributed by atoms with Crippen molar-refractivity contribution in [3.05, 3.63) is 35.9 Å². The fraction of sp³-hybridized carbons (Fsp3) is 0.609. The lowest BCUT2D eigenvalue weighted by Crippen LogP contribution is -2.55. The van der Waals surface area contributed by atoms with Crippen molar-refractivity contribution in [3.8, 4) is 0 Å². The highest BCUT2D eigenvalue weighted by molar-refractivity contribution is 7.89. The summed E-state index contributed by atoms with van der Waals surface area (Å²) in [6.07, 6.45) is -0.961. The number of hydrazone groups is 1. The number of nitrogens with two attached hydrogens (primary N) is 1. The van der Waals surface area contributed by atoms with Crippen LogP contribution in [-0.4, -0.2) is 86.6 Å². The molecule has 2 aliphatic heterocycles. The van der Waals surface area contributed by atoms with Crippen LogP contribution in [0.15, 0.2) is 35.4 Å². The van der Waals surface area contributed by atoms with Crippen LogP contribution in [0.4, 0.5) is 13.2 Å². The zero-order valence-electron chi connectivity index (χ0n) is 20.4. The Labute approximate surface area is 214 Å². The summed E-state index contributed by atoms with van der Waals surface area (Å²) >= 11 is 0. The van der Waals surface area contributed by atoms with Crippen molar-refractivity contribution in [2.24, 2.45) is 16.9 Å². The minimum absolute atomic E-state index is 0.147. The van der Waals surface area contributed by atoms with Gasteiger partial charge in [0.1, 0.15) is 18.4 Å². The molecule has 0 aromatic heterocycles.